The molecule has 2 heterocycles. The summed E-state index contributed by atoms with van der Waals surface area (Å²) in [5.74, 6) is 2.47. The lowest BCUT2D eigenvalue weighted by Gasteiger charge is -2.14. The Balaban J connectivity index is 1.17. The molecule has 0 unspecified atom stereocenters. The van der Waals surface area contributed by atoms with Gasteiger partial charge in [0.25, 0.3) is 0 Å². The number of nitrogens with zero attached hydrogens (tertiary/aromatic N) is 4. The largest absolute Gasteiger partial charge is 0.435 e. The average Bonchev–Trinajstić information content (AvgIpc) is 3.69. The molecule has 0 atom stereocenters. The molecule has 10 aromatic rings. The molecule has 8 aromatic carbocycles. The van der Waals surface area contributed by atoms with Crippen LogP contribution >= 0.6 is 0 Å². The van der Waals surface area contributed by atoms with Gasteiger partial charge in [0.15, 0.2) is 23.1 Å². The molecule has 53 heavy (non-hydrogen) atoms. The summed E-state index contributed by atoms with van der Waals surface area (Å²) in [6, 6.07) is 62.3. The Kier molecular flexibility index (Phi) is 7.40. The monoisotopic (exact) mass is 678 g/mol. The average molecular weight is 679 g/mol. The number of benzene rings is 8. The van der Waals surface area contributed by atoms with Gasteiger partial charge in [0.2, 0.25) is 5.89 Å². The number of fused-ring (bicyclic) bond motifs is 4. The molecule has 10 rings (SSSR count). The van der Waals surface area contributed by atoms with Crippen LogP contribution in [0.1, 0.15) is 0 Å². The summed E-state index contributed by atoms with van der Waals surface area (Å²) in [6.45, 7) is 0. The Labute approximate surface area is 305 Å². The lowest BCUT2D eigenvalue weighted by atomic mass is 9.94. The second kappa shape index (κ2) is 12.8. The molecule has 0 fully saturated rings. The molecule has 0 saturated heterocycles. The normalized spacial score (nSPS) is 11.4. The summed E-state index contributed by atoms with van der Waals surface area (Å²) in [5, 5.41) is 4.26. The van der Waals surface area contributed by atoms with Gasteiger partial charge in [0.05, 0.1) is 0 Å². The summed E-state index contributed by atoms with van der Waals surface area (Å²) < 4.78 is 6.52. The molecule has 0 aliphatic carbocycles. The van der Waals surface area contributed by atoms with Crippen LogP contribution in [0.15, 0.2) is 186 Å². The quantitative estimate of drug-likeness (QED) is 0.175. The van der Waals surface area contributed by atoms with E-state index in [0.717, 1.165) is 77.2 Å². The van der Waals surface area contributed by atoms with Gasteiger partial charge >= 0.3 is 0 Å². The molecule has 0 saturated carbocycles. The van der Waals surface area contributed by atoms with Gasteiger partial charge in [-0.15, -0.1) is 0 Å². The third kappa shape index (κ3) is 5.52. The van der Waals surface area contributed by atoms with Crippen LogP contribution in [0, 0.1) is 0 Å². The molecule has 2 aromatic heterocycles. The second-order valence-corrected chi connectivity index (χ2v) is 13.0. The van der Waals surface area contributed by atoms with E-state index in [0.29, 0.717) is 23.4 Å². The zero-order valence-corrected chi connectivity index (χ0v) is 28.5. The summed E-state index contributed by atoms with van der Waals surface area (Å²) in [4.78, 5) is 20.3. The van der Waals surface area contributed by atoms with Crippen LogP contribution < -0.4 is 0 Å². The minimum absolute atomic E-state index is 0.609. The Morgan fingerprint density at radius 3 is 1.66 bits per heavy atom. The fourth-order valence-corrected chi connectivity index (χ4v) is 7.22. The van der Waals surface area contributed by atoms with Gasteiger partial charge in [-0.05, 0) is 62.7 Å². The lowest BCUT2D eigenvalue weighted by Crippen LogP contribution is -2.01. The SMILES string of the molecule is c1ccc(-c2nc(-c3ccccc3-c3ccccc3)nc(-c3cccc4ccc(-c5cccc6ccc7nc(-c8ccccc8)oc7c56)cc34)n2)cc1. The maximum absolute atomic E-state index is 6.52. The number of rotatable bonds is 6. The van der Waals surface area contributed by atoms with Crippen LogP contribution in [0.5, 0.6) is 0 Å². The van der Waals surface area contributed by atoms with Crippen LogP contribution in [-0.4, -0.2) is 19.9 Å². The summed E-state index contributed by atoms with van der Waals surface area (Å²) in [7, 11) is 0. The molecule has 5 nitrogen and oxygen atoms in total. The molecular formula is C48H30N4O. The predicted octanol–water partition coefficient (Wildman–Crippen LogP) is 12.3. The van der Waals surface area contributed by atoms with Crippen molar-refractivity contribution in [1.29, 1.82) is 0 Å². The maximum Gasteiger partial charge on any atom is 0.227 e. The fraction of sp³-hybridized carbons (Fsp3) is 0. The molecule has 0 aliphatic rings. The lowest BCUT2D eigenvalue weighted by molar-refractivity contribution is 0.623. The van der Waals surface area contributed by atoms with E-state index in [9.17, 15) is 0 Å². The van der Waals surface area contributed by atoms with Gasteiger partial charge in [-0.25, -0.2) is 19.9 Å². The van der Waals surface area contributed by atoms with Gasteiger partial charge in [0.1, 0.15) is 5.52 Å². The minimum Gasteiger partial charge on any atom is -0.435 e. The zero-order chi connectivity index (χ0) is 35.1. The first kappa shape index (κ1) is 30.6. The first-order chi connectivity index (χ1) is 26.3. The van der Waals surface area contributed by atoms with Crippen molar-refractivity contribution in [1.82, 2.24) is 19.9 Å². The number of aromatic nitrogens is 4. The number of oxazole rings is 1. The van der Waals surface area contributed by atoms with Crippen LogP contribution in [0.3, 0.4) is 0 Å². The molecule has 248 valence electrons. The van der Waals surface area contributed by atoms with Crippen molar-refractivity contribution in [3.05, 3.63) is 182 Å². The Morgan fingerprint density at radius 2 is 0.906 bits per heavy atom. The molecule has 0 aliphatic heterocycles. The minimum atomic E-state index is 0.609. The van der Waals surface area contributed by atoms with Crippen molar-refractivity contribution in [2.75, 3.05) is 0 Å². The zero-order valence-electron chi connectivity index (χ0n) is 28.5. The van der Waals surface area contributed by atoms with E-state index in [2.05, 4.69) is 103 Å². The number of hydrogen-bond acceptors (Lipinski definition) is 5. The van der Waals surface area contributed by atoms with Crippen molar-refractivity contribution in [3.63, 3.8) is 0 Å². The third-order valence-corrected chi connectivity index (χ3v) is 9.77. The first-order valence-corrected chi connectivity index (χ1v) is 17.6. The molecule has 0 spiro atoms. The Hall–Kier alpha value is -7.24. The van der Waals surface area contributed by atoms with Crippen LogP contribution in [0.25, 0.3) is 101 Å². The van der Waals surface area contributed by atoms with Crippen molar-refractivity contribution in [2.45, 2.75) is 0 Å². The molecule has 0 N–H and O–H groups in total. The van der Waals surface area contributed by atoms with E-state index in [1.54, 1.807) is 0 Å². The Bertz CT molecular complexity index is 2940. The van der Waals surface area contributed by atoms with E-state index < -0.39 is 0 Å². The van der Waals surface area contributed by atoms with Crippen LogP contribution in [-0.2, 0) is 0 Å². The third-order valence-electron chi connectivity index (χ3n) is 9.77. The second-order valence-electron chi connectivity index (χ2n) is 13.0. The van der Waals surface area contributed by atoms with Crippen molar-refractivity contribution in [2.24, 2.45) is 0 Å². The number of hydrogen-bond donors (Lipinski definition) is 0. The highest BCUT2D eigenvalue weighted by molar-refractivity contribution is 6.12. The van der Waals surface area contributed by atoms with Gasteiger partial charge in [-0.3, -0.25) is 0 Å². The fourth-order valence-electron chi connectivity index (χ4n) is 7.22. The maximum atomic E-state index is 6.52. The van der Waals surface area contributed by atoms with Gasteiger partial charge in [0, 0.05) is 27.6 Å². The van der Waals surface area contributed by atoms with E-state index in [1.807, 2.05) is 78.9 Å². The summed E-state index contributed by atoms with van der Waals surface area (Å²) in [5.41, 5.74) is 9.65. The summed E-state index contributed by atoms with van der Waals surface area (Å²) in [6.07, 6.45) is 0. The van der Waals surface area contributed by atoms with Crippen LogP contribution in [0.4, 0.5) is 0 Å². The molecular weight excluding hydrogens is 649 g/mol. The topological polar surface area (TPSA) is 64.7 Å². The molecule has 0 radical (unpaired) electrons. The van der Waals surface area contributed by atoms with E-state index in [1.165, 1.54) is 0 Å². The van der Waals surface area contributed by atoms with Gasteiger partial charge in [-0.1, -0.05) is 158 Å². The molecule has 0 amide bonds. The predicted molar refractivity (Wildman–Crippen MR) is 215 cm³/mol. The highest BCUT2D eigenvalue weighted by Crippen LogP contribution is 2.39. The smallest absolute Gasteiger partial charge is 0.227 e. The Morgan fingerprint density at radius 1 is 0.340 bits per heavy atom. The summed E-state index contributed by atoms with van der Waals surface area (Å²) >= 11 is 0. The van der Waals surface area contributed by atoms with E-state index in [4.69, 9.17) is 24.4 Å². The van der Waals surface area contributed by atoms with Gasteiger partial charge < -0.3 is 4.42 Å². The van der Waals surface area contributed by atoms with E-state index >= 15 is 0 Å². The standard InChI is InChI=1S/C48H30N4O/c1-4-14-31(15-5-1)37-22-10-11-23-39(37)46-50-45(34-16-6-2-7-17-34)51-47(52-46)40-25-12-20-32-26-27-36(30-41(32)40)38-24-13-21-33-28-29-42-44(43(33)38)53-48(49-42)35-18-8-3-9-19-35/h1-30H. The van der Waals surface area contributed by atoms with Crippen molar-refractivity contribution in [3.8, 4) is 67.9 Å². The molecule has 0 bridgehead atoms. The molecule has 5 heteroatoms. The van der Waals surface area contributed by atoms with Crippen molar-refractivity contribution >= 4 is 32.6 Å². The van der Waals surface area contributed by atoms with Crippen LogP contribution in [0.2, 0.25) is 0 Å². The van der Waals surface area contributed by atoms with Gasteiger partial charge in [-0.2, -0.15) is 0 Å². The highest BCUT2D eigenvalue weighted by Gasteiger charge is 2.19. The highest BCUT2D eigenvalue weighted by atomic mass is 16.3. The van der Waals surface area contributed by atoms with Crippen molar-refractivity contribution < 1.29 is 4.42 Å². The van der Waals surface area contributed by atoms with E-state index in [-0.39, 0.29) is 0 Å². The first-order valence-electron chi connectivity index (χ1n) is 17.6.